The maximum Gasteiger partial charge on any atom is 0.261 e. The fourth-order valence-corrected chi connectivity index (χ4v) is 3.78. The second kappa shape index (κ2) is 7.73. The minimum Gasteiger partial charge on any atom is -0.299 e. The SMILES string of the molecule is N#Cc1ccc(CN2CCC(Cn3cnc4ccccc4c3=O)CC2)cc1. The van der Waals surface area contributed by atoms with E-state index in [1.54, 1.807) is 10.9 Å². The first-order valence-electron chi connectivity index (χ1n) is 9.38. The summed E-state index contributed by atoms with van der Waals surface area (Å²) in [7, 11) is 0. The average molecular weight is 358 g/mol. The Balaban J connectivity index is 1.36. The number of fused-ring (bicyclic) bond motifs is 1. The summed E-state index contributed by atoms with van der Waals surface area (Å²) < 4.78 is 1.77. The molecule has 4 rings (SSSR count). The van der Waals surface area contributed by atoms with Gasteiger partial charge < -0.3 is 0 Å². The van der Waals surface area contributed by atoms with Crippen LogP contribution in [0.15, 0.2) is 59.7 Å². The molecule has 1 fully saturated rings. The number of benzene rings is 2. The van der Waals surface area contributed by atoms with Gasteiger partial charge in [0.2, 0.25) is 0 Å². The number of aromatic nitrogens is 2. The Kier molecular flexibility index (Phi) is 4.99. The van der Waals surface area contributed by atoms with Crippen LogP contribution >= 0.6 is 0 Å². The lowest BCUT2D eigenvalue weighted by atomic mass is 9.96. The van der Waals surface area contributed by atoms with Crippen molar-refractivity contribution in [2.24, 2.45) is 5.92 Å². The van der Waals surface area contributed by atoms with Crippen LogP contribution in [0, 0.1) is 17.2 Å². The molecule has 0 unspecified atom stereocenters. The van der Waals surface area contributed by atoms with E-state index in [1.165, 1.54) is 5.56 Å². The van der Waals surface area contributed by atoms with Crippen LogP contribution in [0.5, 0.6) is 0 Å². The molecule has 1 aliphatic rings. The molecule has 1 aromatic heterocycles. The summed E-state index contributed by atoms with van der Waals surface area (Å²) in [5, 5.41) is 9.58. The molecule has 0 amide bonds. The van der Waals surface area contributed by atoms with Gasteiger partial charge in [0, 0.05) is 13.1 Å². The molecule has 0 radical (unpaired) electrons. The van der Waals surface area contributed by atoms with E-state index in [-0.39, 0.29) is 5.56 Å². The molecular weight excluding hydrogens is 336 g/mol. The number of piperidine rings is 1. The van der Waals surface area contributed by atoms with Gasteiger partial charge in [-0.2, -0.15) is 5.26 Å². The van der Waals surface area contributed by atoms with Crippen molar-refractivity contribution in [3.63, 3.8) is 0 Å². The van der Waals surface area contributed by atoms with Gasteiger partial charge in [-0.1, -0.05) is 24.3 Å². The van der Waals surface area contributed by atoms with Gasteiger partial charge in [-0.25, -0.2) is 4.98 Å². The number of nitrogens with zero attached hydrogens (tertiary/aromatic N) is 4. The van der Waals surface area contributed by atoms with Crippen molar-refractivity contribution in [3.05, 3.63) is 76.3 Å². The Labute approximate surface area is 158 Å². The van der Waals surface area contributed by atoms with Gasteiger partial charge in [0.15, 0.2) is 0 Å². The standard InChI is InChI=1S/C22H22N4O/c23-13-17-5-7-18(8-6-17)14-25-11-9-19(10-12-25)15-26-16-24-21-4-2-1-3-20(21)22(26)27/h1-8,16,19H,9-12,14-15H2. The second-order valence-electron chi connectivity index (χ2n) is 7.25. The van der Waals surface area contributed by atoms with Gasteiger partial charge in [-0.3, -0.25) is 14.3 Å². The maximum absolute atomic E-state index is 12.6. The number of hydrogen-bond acceptors (Lipinski definition) is 4. The van der Waals surface area contributed by atoms with Gasteiger partial charge in [0.05, 0.1) is 28.9 Å². The summed E-state index contributed by atoms with van der Waals surface area (Å²) in [6.07, 6.45) is 3.85. The van der Waals surface area contributed by atoms with Gasteiger partial charge in [-0.05, 0) is 61.7 Å². The van der Waals surface area contributed by atoms with Gasteiger partial charge in [0.1, 0.15) is 0 Å². The molecule has 1 aliphatic heterocycles. The van der Waals surface area contributed by atoms with Crippen LogP contribution in [0.4, 0.5) is 0 Å². The molecule has 0 atom stereocenters. The predicted octanol–water partition coefficient (Wildman–Crippen LogP) is 3.18. The molecule has 3 aromatic rings. The van der Waals surface area contributed by atoms with Gasteiger partial charge in [0.25, 0.3) is 5.56 Å². The van der Waals surface area contributed by atoms with E-state index in [9.17, 15) is 4.79 Å². The highest BCUT2D eigenvalue weighted by molar-refractivity contribution is 5.76. The molecule has 136 valence electrons. The largest absolute Gasteiger partial charge is 0.299 e. The molecule has 0 spiro atoms. The fraction of sp³-hybridized carbons (Fsp3) is 0.318. The highest BCUT2D eigenvalue weighted by Gasteiger charge is 2.20. The minimum absolute atomic E-state index is 0.0561. The van der Waals surface area contributed by atoms with E-state index < -0.39 is 0 Å². The number of likely N-dealkylation sites (tertiary alicyclic amines) is 1. The quantitative estimate of drug-likeness (QED) is 0.719. The summed E-state index contributed by atoms with van der Waals surface area (Å²) in [6, 6.07) is 17.5. The van der Waals surface area contributed by atoms with Gasteiger partial charge >= 0.3 is 0 Å². The van der Waals surface area contributed by atoms with Crippen molar-refractivity contribution < 1.29 is 0 Å². The van der Waals surface area contributed by atoms with Crippen LogP contribution in [0.1, 0.15) is 24.0 Å². The molecule has 5 nitrogen and oxygen atoms in total. The molecule has 0 saturated carbocycles. The van der Waals surface area contributed by atoms with Crippen LogP contribution in [0.3, 0.4) is 0 Å². The van der Waals surface area contributed by atoms with Crippen LogP contribution in [0.25, 0.3) is 10.9 Å². The number of rotatable bonds is 4. The second-order valence-corrected chi connectivity index (χ2v) is 7.25. The zero-order valence-corrected chi connectivity index (χ0v) is 15.2. The van der Waals surface area contributed by atoms with Crippen LogP contribution < -0.4 is 5.56 Å². The molecule has 27 heavy (non-hydrogen) atoms. The van der Waals surface area contributed by atoms with Crippen LogP contribution in [-0.2, 0) is 13.1 Å². The van der Waals surface area contributed by atoms with Crippen molar-refractivity contribution in [2.45, 2.75) is 25.9 Å². The van der Waals surface area contributed by atoms with Crippen molar-refractivity contribution in [3.8, 4) is 6.07 Å². The third-order valence-electron chi connectivity index (χ3n) is 5.38. The average Bonchev–Trinajstić information content (AvgIpc) is 2.72. The van der Waals surface area contributed by atoms with Crippen LogP contribution in [0.2, 0.25) is 0 Å². The third kappa shape index (κ3) is 3.91. The Morgan fingerprint density at radius 3 is 2.56 bits per heavy atom. The van der Waals surface area contributed by atoms with Crippen molar-refractivity contribution >= 4 is 10.9 Å². The monoisotopic (exact) mass is 358 g/mol. The highest BCUT2D eigenvalue weighted by atomic mass is 16.1. The molecule has 0 aliphatic carbocycles. The van der Waals surface area contributed by atoms with E-state index in [0.29, 0.717) is 16.9 Å². The Morgan fingerprint density at radius 1 is 1.07 bits per heavy atom. The summed E-state index contributed by atoms with van der Waals surface area (Å²) in [5.74, 6) is 0.503. The summed E-state index contributed by atoms with van der Waals surface area (Å²) in [5.41, 5.74) is 2.76. The molecule has 0 bridgehead atoms. The van der Waals surface area contributed by atoms with Crippen molar-refractivity contribution in [1.82, 2.24) is 14.5 Å². The Morgan fingerprint density at radius 2 is 1.81 bits per heavy atom. The minimum atomic E-state index is 0.0561. The van der Waals surface area contributed by atoms with Crippen molar-refractivity contribution in [2.75, 3.05) is 13.1 Å². The molecular formula is C22H22N4O. The Hall–Kier alpha value is -2.97. The summed E-state index contributed by atoms with van der Waals surface area (Å²) >= 11 is 0. The molecule has 2 aromatic carbocycles. The van der Waals surface area contributed by atoms with E-state index in [1.807, 2.05) is 48.5 Å². The van der Waals surface area contributed by atoms with E-state index in [4.69, 9.17) is 5.26 Å². The first-order valence-corrected chi connectivity index (χ1v) is 9.38. The lowest BCUT2D eigenvalue weighted by Gasteiger charge is -2.32. The smallest absolute Gasteiger partial charge is 0.261 e. The molecule has 1 saturated heterocycles. The Bertz CT molecular complexity index is 1020. The highest BCUT2D eigenvalue weighted by Crippen LogP contribution is 2.20. The molecule has 5 heteroatoms. The van der Waals surface area contributed by atoms with Crippen LogP contribution in [-0.4, -0.2) is 27.5 Å². The molecule has 2 heterocycles. The summed E-state index contributed by atoms with van der Waals surface area (Å²) in [6.45, 7) is 3.71. The predicted molar refractivity (Wildman–Crippen MR) is 105 cm³/mol. The lowest BCUT2D eigenvalue weighted by molar-refractivity contribution is 0.166. The van der Waals surface area contributed by atoms with Crippen molar-refractivity contribution in [1.29, 1.82) is 5.26 Å². The summed E-state index contributed by atoms with van der Waals surface area (Å²) in [4.78, 5) is 19.5. The number of nitriles is 1. The first kappa shape index (κ1) is 17.4. The zero-order chi connectivity index (χ0) is 18.6. The van der Waals surface area contributed by atoms with E-state index in [2.05, 4.69) is 16.0 Å². The topological polar surface area (TPSA) is 61.9 Å². The fourth-order valence-electron chi connectivity index (χ4n) is 3.78. The normalized spacial score (nSPS) is 15.7. The van der Waals surface area contributed by atoms with E-state index >= 15 is 0 Å². The number of hydrogen-bond donors (Lipinski definition) is 0. The zero-order valence-electron chi connectivity index (χ0n) is 15.2. The maximum atomic E-state index is 12.6. The third-order valence-corrected chi connectivity index (χ3v) is 5.38. The van der Waals surface area contributed by atoms with Gasteiger partial charge in [-0.15, -0.1) is 0 Å². The molecule has 0 N–H and O–H groups in total. The first-order chi connectivity index (χ1) is 13.2. The van der Waals surface area contributed by atoms with E-state index in [0.717, 1.165) is 44.5 Å². The number of para-hydroxylation sites is 1. The lowest BCUT2D eigenvalue weighted by Crippen LogP contribution is -2.36.